The Morgan fingerprint density at radius 3 is 2.53 bits per heavy atom. The minimum atomic E-state index is -2.90. The quantitative estimate of drug-likeness (QED) is 0.291. The van der Waals surface area contributed by atoms with Crippen LogP contribution in [0.5, 0.6) is 5.75 Å². The maximum atomic E-state index is 12.7. The van der Waals surface area contributed by atoms with Crippen molar-refractivity contribution in [2.24, 2.45) is 0 Å². The second kappa shape index (κ2) is 10.0. The molecule has 4 rings (SSSR count). The Kier molecular flexibility index (Phi) is 6.93. The molecular weight excluding hydrogens is 460 g/mol. The largest absolute Gasteiger partial charge is 0.459 e. The SMILES string of the molecule is Cc1ccnc(N[C@H](c2ccc(OC(F)F)cc2)c2c(NC(=O)c3ccco3)sc(C)c2C)c1. The first kappa shape index (κ1) is 23.4. The van der Waals surface area contributed by atoms with Crippen LogP contribution in [0.3, 0.4) is 0 Å². The van der Waals surface area contributed by atoms with Crippen molar-refractivity contribution in [2.45, 2.75) is 33.4 Å². The topological polar surface area (TPSA) is 76.4 Å². The Morgan fingerprint density at radius 1 is 1.12 bits per heavy atom. The molecule has 3 aromatic heterocycles. The van der Waals surface area contributed by atoms with Crippen molar-refractivity contribution in [1.82, 2.24) is 4.98 Å². The normalized spacial score (nSPS) is 11.9. The highest BCUT2D eigenvalue weighted by atomic mass is 32.1. The van der Waals surface area contributed by atoms with E-state index in [1.807, 2.05) is 32.9 Å². The van der Waals surface area contributed by atoms with Gasteiger partial charge in [-0.05, 0) is 73.9 Å². The molecule has 0 saturated carbocycles. The van der Waals surface area contributed by atoms with Crippen molar-refractivity contribution in [3.63, 3.8) is 0 Å². The average molecular weight is 484 g/mol. The number of halogens is 2. The van der Waals surface area contributed by atoms with Gasteiger partial charge in [0.2, 0.25) is 0 Å². The molecule has 176 valence electrons. The van der Waals surface area contributed by atoms with E-state index in [0.717, 1.165) is 27.1 Å². The van der Waals surface area contributed by atoms with Crippen molar-refractivity contribution >= 4 is 28.1 Å². The number of benzene rings is 1. The Balaban J connectivity index is 1.76. The van der Waals surface area contributed by atoms with E-state index in [-0.39, 0.29) is 17.4 Å². The molecule has 0 radical (unpaired) electrons. The number of ether oxygens (including phenoxy) is 1. The summed E-state index contributed by atoms with van der Waals surface area (Å²) in [5, 5.41) is 7.07. The number of rotatable bonds is 8. The number of pyridine rings is 1. The number of alkyl halides is 2. The van der Waals surface area contributed by atoms with Crippen LogP contribution in [0.4, 0.5) is 19.6 Å². The predicted molar refractivity (Wildman–Crippen MR) is 128 cm³/mol. The van der Waals surface area contributed by atoms with Crippen LogP contribution in [0.25, 0.3) is 0 Å². The summed E-state index contributed by atoms with van der Waals surface area (Å²) in [5.41, 5.74) is 3.67. The summed E-state index contributed by atoms with van der Waals surface area (Å²) >= 11 is 1.46. The molecule has 34 heavy (non-hydrogen) atoms. The van der Waals surface area contributed by atoms with E-state index in [1.165, 1.54) is 29.7 Å². The zero-order valence-corrected chi connectivity index (χ0v) is 19.6. The minimum Gasteiger partial charge on any atom is -0.459 e. The average Bonchev–Trinajstić information content (AvgIpc) is 3.42. The second-order valence-electron chi connectivity index (χ2n) is 7.70. The first-order valence-electron chi connectivity index (χ1n) is 10.5. The number of furan rings is 1. The van der Waals surface area contributed by atoms with Gasteiger partial charge in [-0.25, -0.2) is 4.98 Å². The summed E-state index contributed by atoms with van der Waals surface area (Å²) in [7, 11) is 0. The Hall–Kier alpha value is -3.72. The van der Waals surface area contributed by atoms with E-state index in [0.29, 0.717) is 10.8 Å². The maximum absolute atomic E-state index is 12.7. The van der Waals surface area contributed by atoms with E-state index in [9.17, 15) is 13.6 Å². The lowest BCUT2D eigenvalue weighted by Crippen LogP contribution is -2.18. The van der Waals surface area contributed by atoms with E-state index in [4.69, 9.17) is 4.42 Å². The molecule has 1 amide bonds. The fraction of sp³-hybridized carbons (Fsp3) is 0.200. The zero-order chi connectivity index (χ0) is 24.2. The van der Waals surface area contributed by atoms with Crippen LogP contribution in [0.1, 0.15) is 43.7 Å². The highest BCUT2D eigenvalue weighted by Gasteiger charge is 2.26. The number of anilines is 2. The highest BCUT2D eigenvalue weighted by Crippen LogP contribution is 2.41. The van der Waals surface area contributed by atoms with Crippen molar-refractivity contribution < 1.29 is 22.7 Å². The van der Waals surface area contributed by atoms with Gasteiger partial charge in [0.15, 0.2) is 5.76 Å². The molecule has 3 heterocycles. The number of nitrogens with one attached hydrogen (secondary N) is 2. The summed E-state index contributed by atoms with van der Waals surface area (Å²) in [6, 6.07) is 13.1. The lowest BCUT2D eigenvalue weighted by molar-refractivity contribution is -0.0498. The minimum absolute atomic E-state index is 0.0655. The van der Waals surface area contributed by atoms with Gasteiger partial charge < -0.3 is 19.8 Å². The lowest BCUT2D eigenvalue weighted by atomic mass is 9.96. The Bertz CT molecular complexity index is 1270. The summed E-state index contributed by atoms with van der Waals surface area (Å²) in [6.07, 6.45) is 3.15. The predicted octanol–water partition coefficient (Wildman–Crippen LogP) is 6.72. The van der Waals surface area contributed by atoms with Gasteiger partial charge in [-0.1, -0.05) is 12.1 Å². The fourth-order valence-corrected chi connectivity index (χ4v) is 4.68. The van der Waals surface area contributed by atoms with Crippen LogP contribution in [-0.4, -0.2) is 17.5 Å². The third kappa shape index (κ3) is 5.26. The standard InChI is InChI=1S/C25H23F2N3O3S/c1-14-10-11-28-20(13-14)29-22(17-6-8-18(9-7-17)33-25(26)27)21-15(2)16(3)34-24(21)30-23(31)19-5-4-12-32-19/h4-13,22,25H,1-3H3,(H,28,29)(H,30,31)/t22-/m1/s1. The molecule has 0 fully saturated rings. The molecule has 0 aliphatic carbocycles. The number of thiophene rings is 1. The van der Waals surface area contributed by atoms with Crippen LogP contribution in [0.2, 0.25) is 0 Å². The van der Waals surface area contributed by atoms with E-state index in [2.05, 4.69) is 20.4 Å². The second-order valence-corrected chi connectivity index (χ2v) is 8.93. The van der Waals surface area contributed by atoms with E-state index in [1.54, 1.807) is 30.5 Å². The summed E-state index contributed by atoms with van der Waals surface area (Å²) in [4.78, 5) is 18.2. The smallest absolute Gasteiger partial charge is 0.387 e. The molecular formula is C25H23F2N3O3S. The molecule has 6 nitrogen and oxygen atoms in total. The van der Waals surface area contributed by atoms with Gasteiger partial charge in [0, 0.05) is 16.6 Å². The molecule has 0 unspecified atom stereocenters. The maximum Gasteiger partial charge on any atom is 0.387 e. The molecule has 0 aliphatic rings. The van der Waals surface area contributed by atoms with E-state index >= 15 is 0 Å². The molecule has 4 aromatic rings. The number of aromatic nitrogens is 1. The number of aryl methyl sites for hydroxylation is 2. The first-order chi connectivity index (χ1) is 16.3. The van der Waals surface area contributed by atoms with Gasteiger partial charge in [-0.3, -0.25) is 4.79 Å². The number of nitrogens with zero attached hydrogens (tertiary/aromatic N) is 1. The molecule has 0 spiro atoms. The number of amides is 1. The van der Waals surface area contributed by atoms with Crippen LogP contribution in [0, 0.1) is 20.8 Å². The van der Waals surface area contributed by atoms with Crippen molar-refractivity contribution in [1.29, 1.82) is 0 Å². The summed E-state index contributed by atoms with van der Waals surface area (Å²) in [5.74, 6) is 0.550. The van der Waals surface area contributed by atoms with Crippen molar-refractivity contribution in [3.05, 3.63) is 93.9 Å². The number of hydrogen-bond donors (Lipinski definition) is 2. The van der Waals surface area contributed by atoms with Crippen LogP contribution in [0.15, 0.2) is 65.4 Å². The summed E-state index contributed by atoms with van der Waals surface area (Å²) in [6.45, 7) is 3.03. The van der Waals surface area contributed by atoms with Crippen LogP contribution in [-0.2, 0) is 0 Å². The van der Waals surface area contributed by atoms with Gasteiger partial charge in [-0.15, -0.1) is 11.3 Å². The third-order valence-corrected chi connectivity index (χ3v) is 6.48. The zero-order valence-electron chi connectivity index (χ0n) is 18.8. The van der Waals surface area contributed by atoms with Gasteiger partial charge >= 0.3 is 6.61 Å². The Labute approximate surface area is 199 Å². The number of carbonyl (C=O) groups excluding carboxylic acids is 1. The molecule has 9 heteroatoms. The van der Waals surface area contributed by atoms with Gasteiger partial charge in [-0.2, -0.15) is 8.78 Å². The molecule has 0 aliphatic heterocycles. The molecule has 1 atom stereocenters. The lowest BCUT2D eigenvalue weighted by Gasteiger charge is -2.23. The van der Waals surface area contributed by atoms with Crippen molar-refractivity contribution in [3.8, 4) is 5.75 Å². The molecule has 0 saturated heterocycles. The first-order valence-corrected chi connectivity index (χ1v) is 11.3. The Morgan fingerprint density at radius 2 is 1.88 bits per heavy atom. The van der Waals surface area contributed by atoms with Crippen LogP contribution < -0.4 is 15.4 Å². The van der Waals surface area contributed by atoms with Gasteiger partial charge in [0.25, 0.3) is 5.91 Å². The molecule has 1 aromatic carbocycles. The molecule has 0 bridgehead atoms. The highest BCUT2D eigenvalue weighted by molar-refractivity contribution is 7.16. The van der Waals surface area contributed by atoms with Crippen LogP contribution >= 0.6 is 11.3 Å². The van der Waals surface area contributed by atoms with E-state index < -0.39 is 12.7 Å². The van der Waals surface area contributed by atoms with Gasteiger partial charge in [0.1, 0.15) is 16.6 Å². The molecule has 2 N–H and O–H groups in total. The number of carbonyl (C=O) groups is 1. The third-order valence-electron chi connectivity index (χ3n) is 5.34. The monoisotopic (exact) mass is 483 g/mol. The van der Waals surface area contributed by atoms with Crippen molar-refractivity contribution in [2.75, 3.05) is 10.6 Å². The summed E-state index contributed by atoms with van der Waals surface area (Å²) < 4.78 is 35.0. The fourth-order valence-electron chi connectivity index (χ4n) is 3.58. The van der Waals surface area contributed by atoms with Gasteiger partial charge in [0.05, 0.1) is 12.3 Å². The number of hydrogen-bond acceptors (Lipinski definition) is 6.